The molecule has 7 heteroatoms. The minimum Gasteiger partial charge on any atom is -0.349 e. The smallest absolute Gasteiger partial charge is 0.251 e. The number of nitrogens with two attached hydrogens (primary N) is 1. The predicted octanol–water partition coefficient (Wildman–Crippen LogP) is 1.31. The van der Waals surface area contributed by atoms with Crippen molar-refractivity contribution in [1.82, 2.24) is 5.32 Å². The van der Waals surface area contributed by atoms with Crippen molar-refractivity contribution in [1.29, 1.82) is 0 Å². The number of nitrogens with one attached hydrogen (secondary N) is 1. The van der Waals surface area contributed by atoms with Crippen LogP contribution in [0.25, 0.3) is 0 Å². The average molecular weight is 300 g/mol. The maximum Gasteiger partial charge on any atom is 0.251 e. The molecule has 1 aromatic rings. The standard InChI is InChI=1S/C13H17FN2O3S/c1-7-3-10(4-7)16-13(17)11-5-9(14)6-12(8(11)2)20(15,18)19/h5-7,10H,3-4H2,1-2H3,(H,16,17)(H2,15,18,19). The molecule has 1 saturated carbocycles. The Morgan fingerprint density at radius 1 is 1.40 bits per heavy atom. The number of sulfonamides is 1. The Morgan fingerprint density at radius 3 is 2.50 bits per heavy atom. The van der Waals surface area contributed by atoms with Crippen LogP contribution in [0.1, 0.15) is 35.7 Å². The van der Waals surface area contributed by atoms with Crippen molar-refractivity contribution >= 4 is 15.9 Å². The first-order chi connectivity index (χ1) is 9.18. The zero-order chi connectivity index (χ0) is 15.1. The summed E-state index contributed by atoms with van der Waals surface area (Å²) in [6.45, 7) is 3.52. The highest BCUT2D eigenvalue weighted by Crippen LogP contribution is 2.27. The molecule has 0 bridgehead atoms. The summed E-state index contributed by atoms with van der Waals surface area (Å²) in [5.74, 6) is -0.704. The number of halogens is 1. The molecule has 3 N–H and O–H groups in total. The molecule has 1 fully saturated rings. The Morgan fingerprint density at radius 2 is 2.00 bits per heavy atom. The van der Waals surface area contributed by atoms with E-state index in [-0.39, 0.29) is 22.1 Å². The molecule has 1 aromatic carbocycles. The Labute approximate surface area is 117 Å². The van der Waals surface area contributed by atoms with Gasteiger partial charge in [-0.3, -0.25) is 4.79 Å². The van der Waals surface area contributed by atoms with Gasteiger partial charge in [-0.25, -0.2) is 17.9 Å². The van der Waals surface area contributed by atoms with Crippen molar-refractivity contribution in [2.24, 2.45) is 11.1 Å². The van der Waals surface area contributed by atoms with Crippen LogP contribution in [0.4, 0.5) is 4.39 Å². The van der Waals surface area contributed by atoms with E-state index in [4.69, 9.17) is 5.14 Å². The van der Waals surface area contributed by atoms with Crippen LogP contribution in [0.3, 0.4) is 0 Å². The van der Waals surface area contributed by atoms with Gasteiger partial charge in [0, 0.05) is 11.6 Å². The summed E-state index contributed by atoms with van der Waals surface area (Å²) in [5, 5.41) is 7.79. The number of hydrogen-bond donors (Lipinski definition) is 2. The first kappa shape index (κ1) is 14.9. The van der Waals surface area contributed by atoms with Gasteiger partial charge in [-0.05, 0) is 43.4 Å². The second-order valence-corrected chi connectivity index (χ2v) is 6.90. The lowest BCUT2D eigenvalue weighted by molar-refractivity contribution is 0.0894. The van der Waals surface area contributed by atoms with E-state index < -0.39 is 21.7 Å². The minimum atomic E-state index is -4.06. The molecule has 1 aliphatic rings. The monoisotopic (exact) mass is 300 g/mol. The number of amides is 1. The molecule has 0 unspecified atom stereocenters. The molecule has 0 spiro atoms. The molecule has 0 aliphatic heterocycles. The van der Waals surface area contributed by atoms with Crippen LogP contribution in [0, 0.1) is 18.7 Å². The van der Waals surface area contributed by atoms with Crippen molar-refractivity contribution < 1.29 is 17.6 Å². The van der Waals surface area contributed by atoms with Crippen molar-refractivity contribution in [3.63, 3.8) is 0 Å². The molecule has 0 atom stereocenters. The van der Waals surface area contributed by atoms with Crippen molar-refractivity contribution in [2.45, 2.75) is 37.6 Å². The van der Waals surface area contributed by atoms with E-state index in [2.05, 4.69) is 12.2 Å². The molecule has 0 saturated heterocycles. The fraction of sp³-hybridized carbons (Fsp3) is 0.462. The van der Waals surface area contributed by atoms with E-state index in [0.717, 1.165) is 25.0 Å². The topological polar surface area (TPSA) is 89.3 Å². The quantitative estimate of drug-likeness (QED) is 0.882. The fourth-order valence-corrected chi connectivity index (χ4v) is 3.28. The van der Waals surface area contributed by atoms with Gasteiger partial charge in [0.2, 0.25) is 10.0 Å². The van der Waals surface area contributed by atoms with E-state index in [9.17, 15) is 17.6 Å². The van der Waals surface area contributed by atoms with Gasteiger partial charge in [-0.2, -0.15) is 0 Å². The molecule has 5 nitrogen and oxygen atoms in total. The van der Waals surface area contributed by atoms with Crippen LogP contribution in [0.15, 0.2) is 17.0 Å². The van der Waals surface area contributed by atoms with Crippen LogP contribution >= 0.6 is 0 Å². The molecule has 110 valence electrons. The third-order valence-corrected chi connectivity index (χ3v) is 4.62. The maximum absolute atomic E-state index is 13.5. The zero-order valence-electron chi connectivity index (χ0n) is 11.3. The molecule has 0 aromatic heterocycles. The molecule has 0 heterocycles. The van der Waals surface area contributed by atoms with Crippen LogP contribution in [-0.2, 0) is 10.0 Å². The van der Waals surface area contributed by atoms with Gasteiger partial charge in [0.1, 0.15) is 5.82 Å². The maximum atomic E-state index is 13.5. The van der Waals surface area contributed by atoms with E-state index in [1.54, 1.807) is 0 Å². The van der Waals surface area contributed by atoms with Gasteiger partial charge < -0.3 is 5.32 Å². The summed E-state index contributed by atoms with van der Waals surface area (Å²) in [6, 6.07) is 1.92. The second-order valence-electron chi connectivity index (χ2n) is 5.37. The Hall–Kier alpha value is -1.47. The third kappa shape index (κ3) is 2.99. The summed E-state index contributed by atoms with van der Waals surface area (Å²) < 4.78 is 36.3. The first-order valence-corrected chi connectivity index (χ1v) is 7.87. The Kier molecular flexibility index (Phi) is 3.84. The molecule has 1 aliphatic carbocycles. The number of primary sulfonamides is 1. The molecule has 20 heavy (non-hydrogen) atoms. The highest BCUT2D eigenvalue weighted by atomic mass is 32.2. The third-order valence-electron chi connectivity index (χ3n) is 3.58. The van der Waals surface area contributed by atoms with Crippen LogP contribution in [0.2, 0.25) is 0 Å². The highest BCUT2D eigenvalue weighted by molar-refractivity contribution is 7.89. The second kappa shape index (κ2) is 5.14. The molecular weight excluding hydrogens is 283 g/mol. The largest absolute Gasteiger partial charge is 0.349 e. The SMILES string of the molecule is Cc1c(C(=O)NC2CC(C)C2)cc(F)cc1S(N)(=O)=O. The summed E-state index contributed by atoms with van der Waals surface area (Å²) in [6.07, 6.45) is 1.75. The van der Waals surface area contributed by atoms with E-state index in [1.807, 2.05) is 0 Å². The minimum absolute atomic E-state index is 0.00794. The number of carbonyl (C=O) groups excluding carboxylic acids is 1. The summed E-state index contributed by atoms with van der Waals surface area (Å²) in [5.41, 5.74) is 0.173. The highest BCUT2D eigenvalue weighted by Gasteiger charge is 2.28. The van der Waals surface area contributed by atoms with E-state index in [1.165, 1.54) is 6.92 Å². The van der Waals surface area contributed by atoms with Gasteiger partial charge >= 0.3 is 0 Å². The summed E-state index contributed by atoms with van der Waals surface area (Å²) in [7, 11) is -4.06. The molecule has 1 amide bonds. The Balaban J connectivity index is 2.32. The summed E-state index contributed by atoms with van der Waals surface area (Å²) >= 11 is 0. The van der Waals surface area contributed by atoms with Gasteiger partial charge in [0.25, 0.3) is 5.91 Å². The zero-order valence-corrected chi connectivity index (χ0v) is 12.1. The van der Waals surface area contributed by atoms with Gasteiger partial charge in [0.15, 0.2) is 0 Å². The first-order valence-electron chi connectivity index (χ1n) is 6.32. The lowest BCUT2D eigenvalue weighted by atomic mass is 9.82. The van der Waals surface area contributed by atoms with Gasteiger partial charge in [-0.1, -0.05) is 6.92 Å². The van der Waals surface area contributed by atoms with Crippen molar-refractivity contribution in [3.8, 4) is 0 Å². The van der Waals surface area contributed by atoms with Crippen LogP contribution in [0.5, 0.6) is 0 Å². The molecular formula is C13H17FN2O3S. The lowest BCUT2D eigenvalue weighted by Crippen LogP contribution is -2.43. The average Bonchev–Trinajstić information content (AvgIpc) is 2.28. The van der Waals surface area contributed by atoms with Crippen molar-refractivity contribution in [3.05, 3.63) is 29.1 Å². The van der Waals surface area contributed by atoms with Crippen molar-refractivity contribution in [2.75, 3.05) is 0 Å². The van der Waals surface area contributed by atoms with E-state index in [0.29, 0.717) is 5.92 Å². The molecule has 0 radical (unpaired) electrons. The van der Waals surface area contributed by atoms with Crippen LogP contribution in [-0.4, -0.2) is 20.4 Å². The number of rotatable bonds is 3. The van der Waals surface area contributed by atoms with Gasteiger partial charge in [-0.15, -0.1) is 0 Å². The fourth-order valence-electron chi connectivity index (χ4n) is 2.47. The summed E-state index contributed by atoms with van der Waals surface area (Å²) in [4.78, 5) is 11.7. The predicted molar refractivity (Wildman–Crippen MR) is 72.2 cm³/mol. The molecule has 2 rings (SSSR count). The Bertz CT molecular complexity index is 652. The number of benzene rings is 1. The van der Waals surface area contributed by atoms with Crippen LogP contribution < -0.4 is 10.5 Å². The number of hydrogen-bond acceptors (Lipinski definition) is 3. The van der Waals surface area contributed by atoms with Gasteiger partial charge in [0.05, 0.1) is 4.90 Å². The lowest BCUT2D eigenvalue weighted by Gasteiger charge is -2.33. The normalized spacial score (nSPS) is 22.2. The number of carbonyl (C=O) groups is 1. The van der Waals surface area contributed by atoms with E-state index >= 15 is 0 Å².